The van der Waals surface area contributed by atoms with Crippen LogP contribution in [0.15, 0.2) is 28.7 Å². The van der Waals surface area contributed by atoms with E-state index in [2.05, 4.69) is 21.2 Å². The fourth-order valence-electron chi connectivity index (χ4n) is 0.861. The first-order valence-corrected chi connectivity index (χ1v) is 5.95. The van der Waals surface area contributed by atoms with Gasteiger partial charge in [-0.2, -0.15) is 11.8 Å². The van der Waals surface area contributed by atoms with Gasteiger partial charge >= 0.3 is 0 Å². The van der Waals surface area contributed by atoms with Gasteiger partial charge < -0.3 is 5.32 Å². The van der Waals surface area contributed by atoms with Crippen molar-refractivity contribution in [3.05, 3.63) is 28.7 Å². The van der Waals surface area contributed by atoms with Crippen LogP contribution in [-0.4, -0.2) is 17.9 Å². The molecular formula is C9H10BrNOS. The highest BCUT2D eigenvalue weighted by molar-refractivity contribution is 9.10. The van der Waals surface area contributed by atoms with E-state index in [1.165, 1.54) is 11.8 Å². The Morgan fingerprint density at radius 1 is 1.46 bits per heavy atom. The summed E-state index contributed by atoms with van der Waals surface area (Å²) in [6.07, 6.45) is 1.90. The summed E-state index contributed by atoms with van der Waals surface area (Å²) in [4.78, 5) is 11.2. The van der Waals surface area contributed by atoms with E-state index in [1.54, 1.807) is 0 Å². The molecule has 0 aliphatic carbocycles. The van der Waals surface area contributed by atoms with Gasteiger partial charge in [0.2, 0.25) is 5.91 Å². The Kier molecular flexibility index (Phi) is 4.32. The minimum Gasteiger partial charge on any atom is -0.325 e. The standard InChI is InChI=1S/C9H10BrNOS/c1-13-6-9(12)11-8-4-2-7(10)3-5-8/h2-5H,6H2,1H3,(H,11,12). The van der Waals surface area contributed by atoms with Gasteiger partial charge in [0.1, 0.15) is 0 Å². The molecule has 1 amide bonds. The van der Waals surface area contributed by atoms with Gasteiger partial charge in [0, 0.05) is 10.2 Å². The van der Waals surface area contributed by atoms with Gasteiger partial charge in [-0.15, -0.1) is 0 Å². The second-order valence-corrected chi connectivity index (χ2v) is 4.27. The molecule has 70 valence electrons. The van der Waals surface area contributed by atoms with Gasteiger partial charge in [-0.3, -0.25) is 4.79 Å². The summed E-state index contributed by atoms with van der Waals surface area (Å²) in [7, 11) is 0. The maximum absolute atomic E-state index is 11.2. The van der Waals surface area contributed by atoms with Crippen LogP contribution in [0.4, 0.5) is 5.69 Å². The third-order valence-electron chi connectivity index (χ3n) is 1.40. The van der Waals surface area contributed by atoms with E-state index in [4.69, 9.17) is 0 Å². The molecule has 0 spiro atoms. The van der Waals surface area contributed by atoms with Gasteiger partial charge in [0.05, 0.1) is 5.75 Å². The molecule has 0 saturated heterocycles. The van der Waals surface area contributed by atoms with Crippen LogP contribution in [0.1, 0.15) is 0 Å². The molecule has 2 nitrogen and oxygen atoms in total. The number of benzene rings is 1. The van der Waals surface area contributed by atoms with Crippen molar-refractivity contribution < 1.29 is 4.79 Å². The van der Waals surface area contributed by atoms with Crippen molar-refractivity contribution in [1.82, 2.24) is 0 Å². The summed E-state index contributed by atoms with van der Waals surface area (Å²) in [5, 5.41) is 2.79. The van der Waals surface area contributed by atoms with E-state index in [-0.39, 0.29) is 5.91 Å². The lowest BCUT2D eigenvalue weighted by atomic mass is 10.3. The number of nitrogens with one attached hydrogen (secondary N) is 1. The number of rotatable bonds is 3. The number of carbonyl (C=O) groups excluding carboxylic acids is 1. The Labute approximate surface area is 90.2 Å². The summed E-state index contributed by atoms with van der Waals surface area (Å²) < 4.78 is 1.01. The first-order valence-electron chi connectivity index (χ1n) is 3.76. The van der Waals surface area contributed by atoms with Gasteiger partial charge in [-0.05, 0) is 30.5 Å². The van der Waals surface area contributed by atoms with E-state index in [0.717, 1.165) is 10.2 Å². The molecule has 0 atom stereocenters. The van der Waals surface area contributed by atoms with Crippen LogP contribution in [0.25, 0.3) is 0 Å². The lowest BCUT2D eigenvalue weighted by molar-refractivity contribution is -0.113. The lowest BCUT2D eigenvalue weighted by Gasteiger charge is -2.03. The maximum Gasteiger partial charge on any atom is 0.234 e. The van der Waals surface area contributed by atoms with Crippen LogP contribution in [0, 0.1) is 0 Å². The quantitative estimate of drug-likeness (QED) is 0.905. The van der Waals surface area contributed by atoms with E-state index in [0.29, 0.717) is 5.75 Å². The maximum atomic E-state index is 11.2. The fraction of sp³-hybridized carbons (Fsp3) is 0.222. The van der Waals surface area contributed by atoms with Gasteiger partial charge in [-0.1, -0.05) is 15.9 Å². The summed E-state index contributed by atoms with van der Waals surface area (Å²) in [5.74, 6) is 0.533. The first kappa shape index (κ1) is 10.6. The van der Waals surface area contributed by atoms with Crippen molar-refractivity contribution in [1.29, 1.82) is 0 Å². The zero-order chi connectivity index (χ0) is 9.68. The summed E-state index contributed by atoms with van der Waals surface area (Å²) in [6, 6.07) is 7.52. The first-order chi connectivity index (χ1) is 6.22. The largest absolute Gasteiger partial charge is 0.325 e. The number of amides is 1. The number of thioether (sulfide) groups is 1. The van der Waals surface area contributed by atoms with E-state index < -0.39 is 0 Å². The summed E-state index contributed by atoms with van der Waals surface area (Å²) >= 11 is 4.84. The molecule has 0 bridgehead atoms. The van der Waals surface area contributed by atoms with E-state index >= 15 is 0 Å². The highest BCUT2D eigenvalue weighted by Gasteiger charge is 1.99. The minimum atomic E-state index is 0.0369. The summed E-state index contributed by atoms with van der Waals surface area (Å²) in [6.45, 7) is 0. The molecule has 1 rings (SSSR count). The Hall–Kier alpha value is -0.480. The number of carbonyl (C=O) groups is 1. The highest BCUT2D eigenvalue weighted by Crippen LogP contribution is 2.14. The normalized spacial score (nSPS) is 9.69. The van der Waals surface area contributed by atoms with Crippen molar-refractivity contribution in [3.63, 3.8) is 0 Å². The van der Waals surface area contributed by atoms with Crippen LogP contribution in [0.5, 0.6) is 0 Å². The molecule has 0 aromatic heterocycles. The smallest absolute Gasteiger partial charge is 0.234 e. The monoisotopic (exact) mass is 259 g/mol. The number of hydrogen-bond donors (Lipinski definition) is 1. The van der Waals surface area contributed by atoms with Crippen LogP contribution in [0.2, 0.25) is 0 Å². The molecule has 1 N–H and O–H groups in total. The molecular weight excluding hydrogens is 250 g/mol. The number of hydrogen-bond acceptors (Lipinski definition) is 2. The molecule has 0 aliphatic heterocycles. The topological polar surface area (TPSA) is 29.1 Å². The molecule has 13 heavy (non-hydrogen) atoms. The predicted octanol–water partition coefficient (Wildman–Crippen LogP) is 2.75. The molecule has 0 aliphatic rings. The Bertz CT molecular complexity index is 286. The molecule has 4 heteroatoms. The van der Waals surface area contributed by atoms with Gasteiger partial charge in [0.15, 0.2) is 0 Å². The van der Waals surface area contributed by atoms with E-state index in [9.17, 15) is 4.79 Å². The second-order valence-electron chi connectivity index (χ2n) is 2.49. The van der Waals surface area contributed by atoms with E-state index in [1.807, 2.05) is 30.5 Å². The lowest BCUT2D eigenvalue weighted by Crippen LogP contribution is -2.13. The Balaban J connectivity index is 2.54. The molecule has 0 fully saturated rings. The van der Waals surface area contributed by atoms with Crippen LogP contribution >= 0.6 is 27.7 Å². The molecule has 1 aromatic carbocycles. The van der Waals surface area contributed by atoms with Crippen molar-refractivity contribution >= 4 is 39.3 Å². The van der Waals surface area contributed by atoms with Crippen molar-refractivity contribution in [2.45, 2.75) is 0 Å². The SMILES string of the molecule is CSCC(=O)Nc1ccc(Br)cc1. The van der Waals surface area contributed by atoms with Gasteiger partial charge in [-0.25, -0.2) is 0 Å². The Morgan fingerprint density at radius 3 is 2.62 bits per heavy atom. The predicted molar refractivity (Wildman–Crippen MR) is 61.2 cm³/mol. The van der Waals surface area contributed by atoms with Gasteiger partial charge in [0.25, 0.3) is 0 Å². The average molecular weight is 260 g/mol. The third kappa shape index (κ3) is 3.83. The zero-order valence-electron chi connectivity index (χ0n) is 7.21. The van der Waals surface area contributed by atoms with Crippen molar-refractivity contribution in [2.24, 2.45) is 0 Å². The minimum absolute atomic E-state index is 0.0369. The van der Waals surface area contributed by atoms with Crippen LogP contribution < -0.4 is 5.32 Å². The fourth-order valence-corrected chi connectivity index (χ4v) is 1.46. The molecule has 0 unspecified atom stereocenters. The average Bonchev–Trinajstić information content (AvgIpc) is 2.09. The molecule has 1 aromatic rings. The van der Waals surface area contributed by atoms with Crippen LogP contribution in [-0.2, 0) is 4.79 Å². The molecule has 0 heterocycles. The Morgan fingerprint density at radius 2 is 2.08 bits per heavy atom. The third-order valence-corrected chi connectivity index (χ3v) is 2.48. The number of anilines is 1. The van der Waals surface area contributed by atoms with Crippen molar-refractivity contribution in [3.8, 4) is 0 Å². The number of halogens is 1. The molecule has 0 radical (unpaired) electrons. The zero-order valence-corrected chi connectivity index (χ0v) is 9.61. The van der Waals surface area contributed by atoms with Crippen molar-refractivity contribution in [2.75, 3.05) is 17.3 Å². The second kappa shape index (κ2) is 5.29. The molecule has 0 saturated carbocycles. The van der Waals surface area contributed by atoms with Crippen LogP contribution in [0.3, 0.4) is 0 Å². The highest BCUT2D eigenvalue weighted by atomic mass is 79.9. The summed E-state index contributed by atoms with van der Waals surface area (Å²) in [5.41, 5.74) is 0.835.